The number of nitrogens with one attached hydrogen (secondary N) is 1. The molecular formula is C16H19ClN4O2. The molecule has 2 heterocycles. The lowest BCUT2D eigenvalue weighted by atomic mass is 9.96. The summed E-state index contributed by atoms with van der Waals surface area (Å²) in [6, 6.07) is 5.08. The van der Waals surface area contributed by atoms with Crippen LogP contribution in [-0.4, -0.2) is 31.9 Å². The summed E-state index contributed by atoms with van der Waals surface area (Å²) in [7, 11) is 1.86. The van der Waals surface area contributed by atoms with Crippen LogP contribution in [-0.2, 0) is 18.4 Å². The third-order valence-corrected chi connectivity index (χ3v) is 4.57. The molecule has 6 nitrogen and oxygen atoms in total. The van der Waals surface area contributed by atoms with Gasteiger partial charge in [0, 0.05) is 12.1 Å². The van der Waals surface area contributed by atoms with Crippen molar-refractivity contribution in [1.29, 1.82) is 0 Å². The smallest absolute Gasteiger partial charge is 0.325 e. The van der Waals surface area contributed by atoms with E-state index in [0.29, 0.717) is 17.3 Å². The molecule has 1 aliphatic heterocycles. The van der Waals surface area contributed by atoms with Gasteiger partial charge in [-0.05, 0) is 31.5 Å². The van der Waals surface area contributed by atoms with Crippen LogP contribution >= 0.6 is 11.6 Å². The van der Waals surface area contributed by atoms with Crippen molar-refractivity contribution in [2.45, 2.75) is 38.8 Å². The molecule has 1 aliphatic rings. The second-order valence-corrected chi connectivity index (χ2v) is 6.56. The zero-order valence-electron chi connectivity index (χ0n) is 13.4. The SMILES string of the molecule is CCCC1(C)NC(=O)N(Cc2nc3cc(Cl)ccc3n2C)C1=O. The first-order chi connectivity index (χ1) is 10.9. The summed E-state index contributed by atoms with van der Waals surface area (Å²) in [5.41, 5.74) is 0.839. The maximum Gasteiger partial charge on any atom is 0.325 e. The molecule has 3 amide bonds. The Hall–Kier alpha value is -2.08. The molecule has 1 aromatic heterocycles. The summed E-state index contributed by atoms with van der Waals surface area (Å²) in [6.45, 7) is 3.90. The number of hydrogen-bond acceptors (Lipinski definition) is 3. The highest BCUT2D eigenvalue weighted by molar-refractivity contribution is 6.31. The highest BCUT2D eigenvalue weighted by Crippen LogP contribution is 2.25. The minimum Gasteiger partial charge on any atom is -0.330 e. The van der Waals surface area contributed by atoms with Crippen molar-refractivity contribution in [3.05, 3.63) is 29.0 Å². The lowest BCUT2D eigenvalue weighted by molar-refractivity contribution is -0.131. The molecule has 0 aliphatic carbocycles. The third kappa shape index (κ3) is 2.57. The molecule has 0 spiro atoms. The van der Waals surface area contributed by atoms with E-state index in [1.54, 1.807) is 19.1 Å². The second-order valence-electron chi connectivity index (χ2n) is 6.12. The van der Waals surface area contributed by atoms with Crippen LogP contribution in [0.15, 0.2) is 18.2 Å². The van der Waals surface area contributed by atoms with Gasteiger partial charge in [0.2, 0.25) is 0 Å². The highest BCUT2D eigenvalue weighted by atomic mass is 35.5. The van der Waals surface area contributed by atoms with Crippen molar-refractivity contribution in [3.63, 3.8) is 0 Å². The fourth-order valence-electron chi connectivity index (χ4n) is 3.07. The topological polar surface area (TPSA) is 67.2 Å². The third-order valence-electron chi connectivity index (χ3n) is 4.33. The van der Waals surface area contributed by atoms with E-state index in [9.17, 15) is 9.59 Å². The molecular weight excluding hydrogens is 316 g/mol. The van der Waals surface area contributed by atoms with Crippen molar-refractivity contribution in [1.82, 2.24) is 19.8 Å². The first-order valence-corrected chi connectivity index (χ1v) is 7.98. The Morgan fingerprint density at radius 1 is 1.35 bits per heavy atom. The van der Waals surface area contributed by atoms with Crippen LogP contribution in [0.1, 0.15) is 32.5 Å². The van der Waals surface area contributed by atoms with E-state index in [2.05, 4.69) is 10.3 Å². The number of fused-ring (bicyclic) bond motifs is 1. The fraction of sp³-hybridized carbons (Fsp3) is 0.438. The molecule has 1 atom stereocenters. The molecule has 3 rings (SSSR count). The van der Waals surface area contributed by atoms with Gasteiger partial charge in [-0.25, -0.2) is 9.78 Å². The number of imide groups is 1. The van der Waals surface area contributed by atoms with Gasteiger partial charge in [-0.15, -0.1) is 0 Å². The standard InChI is InChI=1S/C16H19ClN4O2/c1-4-7-16(2)14(22)21(15(23)19-16)9-13-18-11-8-10(17)5-6-12(11)20(13)3/h5-6,8H,4,7,9H2,1-3H3,(H,19,23). The van der Waals surface area contributed by atoms with E-state index in [1.165, 1.54) is 4.90 Å². The average Bonchev–Trinajstić information content (AvgIpc) is 2.89. The predicted octanol–water partition coefficient (Wildman–Crippen LogP) is 2.84. The molecule has 1 fully saturated rings. The van der Waals surface area contributed by atoms with Crippen LogP contribution in [0.3, 0.4) is 0 Å². The second kappa shape index (κ2) is 5.53. The highest BCUT2D eigenvalue weighted by Gasteiger charge is 2.47. The van der Waals surface area contributed by atoms with Gasteiger partial charge in [0.25, 0.3) is 5.91 Å². The number of urea groups is 1. The number of nitrogens with zero attached hydrogens (tertiary/aromatic N) is 3. The molecule has 0 radical (unpaired) electrons. The largest absolute Gasteiger partial charge is 0.330 e. The summed E-state index contributed by atoms with van der Waals surface area (Å²) >= 11 is 5.99. The monoisotopic (exact) mass is 334 g/mol. The molecule has 7 heteroatoms. The predicted molar refractivity (Wildman–Crippen MR) is 88.1 cm³/mol. The maximum absolute atomic E-state index is 12.6. The first-order valence-electron chi connectivity index (χ1n) is 7.60. The molecule has 0 saturated carbocycles. The van der Waals surface area contributed by atoms with Crippen molar-refractivity contribution in [2.75, 3.05) is 0 Å². The van der Waals surface area contributed by atoms with Gasteiger partial charge in [-0.2, -0.15) is 0 Å². The van der Waals surface area contributed by atoms with Crippen LogP contribution in [0.25, 0.3) is 11.0 Å². The number of halogens is 1. The number of aromatic nitrogens is 2. The summed E-state index contributed by atoms with van der Waals surface area (Å²) in [4.78, 5) is 30.5. The van der Waals surface area contributed by atoms with Gasteiger partial charge in [-0.3, -0.25) is 9.69 Å². The molecule has 1 unspecified atom stereocenters. The molecule has 122 valence electrons. The minimum atomic E-state index is -0.820. The van der Waals surface area contributed by atoms with Crippen LogP contribution in [0.4, 0.5) is 4.79 Å². The summed E-state index contributed by atoms with van der Waals surface area (Å²) in [5, 5.41) is 3.40. The van der Waals surface area contributed by atoms with E-state index >= 15 is 0 Å². The molecule has 1 N–H and O–H groups in total. The fourth-order valence-corrected chi connectivity index (χ4v) is 3.23. The van der Waals surface area contributed by atoms with Gasteiger partial charge < -0.3 is 9.88 Å². The number of hydrogen-bond donors (Lipinski definition) is 1. The Morgan fingerprint density at radius 2 is 2.09 bits per heavy atom. The van der Waals surface area contributed by atoms with Crippen molar-refractivity contribution >= 4 is 34.6 Å². The van der Waals surface area contributed by atoms with Gasteiger partial charge in [-0.1, -0.05) is 24.9 Å². The van der Waals surface area contributed by atoms with Gasteiger partial charge >= 0.3 is 6.03 Å². The number of benzene rings is 1. The average molecular weight is 335 g/mol. The Kier molecular flexibility index (Phi) is 3.80. The van der Waals surface area contributed by atoms with E-state index < -0.39 is 5.54 Å². The van der Waals surface area contributed by atoms with Gasteiger partial charge in [0.15, 0.2) is 0 Å². The Bertz CT molecular complexity index is 801. The van der Waals surface area contributed by atoms with Crippen molar-refractivity contribution in [3.8, 4) is 0 Å². The van der Waals surface area contributed by atoms with Crippen LogP contribution in [0.5, 0.6) is 0 Å². The number of rotatable bonds is 4. The quantitative estimate of drug-likeness (QED) is 0.874. The normalized spacial score (nSPS) is 21.3. The zero-order valence-corrected chi connectivity index (χ0v) is 14.1. The van der Waals surface area contributed by atoms with E-state index in [-0.39, 0.29) is 18.5 Å². The number of imidazole rings is 1. The zero-order chi connectivity index (χ0) is 16.8. The number of carbonyl (C=O) groups is 2. The van der Waals surface area contributed by atoms with Gasteiger partial charge in [0.05, 0.1) is 17.6 Å². The van der Waals surface area contributed by atoms with E-state index in [0.717, 1.165) is 17.5 Å². The first kappa shape index (κ1) is 15.8. The van der Waals surface area contributed by atoms with Crippen molar-refractivity contribution < 1.29 is 9.59 Å². The van der Waals surface area contributed by atoms with E-state index in [4.69, 9.17) is 11.6 Å². The lowest BCUT2D eigenvalue weighted by Gasteiger charge is -2.20. The Morgan fingerprint density at radius 3 is 2.78 bits per heavy atom. The van der Waals surface area contributed by atoms with Crippen LogP contribution in [0, 0.1) is 0 Å². The minimum absolute atomic E-state index is 0.146. The molecule has 1 saturated heterocycles. The number of aryl methyl sites for hydroxylation is 1. The van der Waals surface area contributed by atoms with E-state index in [1.807, 2.05) is 24.6 Å². The molecule has 0 bridgehead atoms. The van der Waals surface area contributed by atoms with Crippen LogP contribution < -0.4 is 5.32 Å². The van der Waals surface area contributed by atoms with Crippen LogP contribution in [0.2, 0.25) is 5.02 Å². The summed E-state index contributed by atoms with van der Waals surface area (Å²) in [5.74, 6) is 0.445. The molecule has 23 heavy (non-hydrogen) atoms. The maximum atomic E-state index is 12.6. The Balaban J connectivity index is 1.92. The Labute approximate surface area is 139 Å². The number of carbonyl (C=O) groups excluding carboxylic acids is 2. The summed E-state index contributed by atoms with van der Waals surface area (Å²) < 4.78 is 1.88. The molecule has 2 aromatic rings. The molecule has 1 aromatic carbocycles. The summed E-state index contributed by atoms with van der Waals surface area (Å²) in [6.07, 6.45) is 1.44. The lowest BCUT2D eigenvalue weighted by Crippen LogP contribution is -2.43. The number of amides is 3. The van der Waals surface area contributed by atoms with Crippen molar-refractivity contribution in [2.24, 2.45) is 7.05 Å². The van der Waals surface area contributed by atoms with Gasteiger partial charge in [0.1, 0.15) is 11.4 Å².